The third-order valence-electron chi connectivity index (χ3n) is 8.15. The van der Waals surface area contributed by atoms with Crippen LogP contribution in [0.5, 0.6) is 0 Å². The number of likely N-dealkylation sites (tertiary alicyclic amines) is 1. The molecule has 2 atom stereocenters. The lowest BCUT2D eigenvalue weighted by Crippen LogP contribution is -2.38. The van der Waals surface area contributed by atoms with Gasteiger partial charge in [-0.05, 0) is 66.3 Å². The summed E-state index contributed by atoms with van der Waals surface area (Å²) in [5.74, 6) is 1.66. The van der Waals surface area contributed by atoms with Crippen LogP contribution in [-0.4, -0.2) is 54.7 Å². The maximum Gasteiger partial charge on any atom is 0.251 e. The minimum atomic E-state index is -0.593. The van der Waals surface area contributed by atoms with Crippen LogP contribution in [0.1, 0.15) is 35.2 Å². The number of nitrogens with zero attached hydrogens (tertiary/aromatic N) is 2. The standard InChI is InChI=1S/C20H16FN3O.C10H17NO/c21-18-16(12-4-2-1-3-5-12)11-17(19(22)24-18)13-6-7-15-14(10-13)8-9-23-20(15)25;1-3-12-4-2-10(1)11-6-8-5-9(8)7-11/h1-7,10-11H,8-9H2,(H2,22,24)(H,23,25);8-10H,1-7H2. The fourth-order valence-electron chi connectivity index (χ4n) is 5.93. The first-order valence-corrected chi connectivity index (χ1v) is 13.3. The number of rotatable bonds is 3. The molecule has 192 valence electrons. The Balaban J connectivity index is 0.000000174. The smallest absolute Gasteiger partial charge is 0.251 e. The summed E-state index contributed by atoms with van der Waals surface area (Å²) >= 11 is 0. The minimum Gasteiger partial charge on any atom is -0.383 e. The molecule has 2 unspecified atom stereocenters. The average molecular weight is 501 g/mol. The Kier molecular flexibility index (Phi) is 6.65. The number of hydrogen-bond acceptors (Lipinski definition) is 5. The summed E-state index contributed by atoms with van der Waals surface area (Å²) in [6.45, 7) is 5.40. The van der Waals surface area contributed by atoms with Gasteiger partial charge in [0.25, 0.3) is 5.91 Å². The van der Waals surface area contributed by atoms with Gasteiger partial charge in [-0.3, -0.25) is 9.69 Å². The predicted octanol–water partition coefficient (Wildman–Crippen LogP) is 4.54. The zero-order valence-corrected chi connectivity index (χ0v) is 21.0. The molecule has 3 fully saturated rings. The molecule has 0 radical (unpaired) electrons. The van der Waals surface area contributed by atoms with Gasteiger partial charge in [-0.2, -0.15) is 4.39 Å². The second-order valence-corrected chi connectivity index (χ2v) is 10.6. The summed E-state index contributed by atoms with van der Waals surface area (Å²) in [6.07, 6.45) is 4.84. The van der Waals surface area contributed by atoms with Gasteiger partial charge in [0, 0.05) is 55.6 Å². The number of aromatic nitrogens is 1. The lowest BCUT2D eigenvalue weighted by molar-refractivity contribution is 0.0385. The number of amides is 1. The number of carbonyl (C=O) groups excluding carboxylic acids is 1. The Morgan fingerprint density at radius 1 is 0.946 bits per heavy atom. The van der Waals surface area contributed by atoms with Gasteiger partial charge in [0.1, 0.15) is 5.82 Å². The molecular formula is C30H33FN4O2. The number of pyridine rings is 1. The van der Waals surface area contributed by atoms with E-state index in [2.05, 4.69) is 15.2 Å². The number of fused-ring (bicyclic) bond motifs is 2. The van der Waals surface area contributed by atoms with Crippen molar-refractivity contribution in [1.29, 1.82) is 0 Å². The minimum absolute atomic E-state index is 0.0667. The molecule has 1 aromatic heterocycles. The molecule has 2 aromatic carbocycles. The molecule has 7 rings (SSSR count). The number of hydrogen-bond donors (Lipinski definition) is 2. The molecule has 4 heterocycles. The van der Waals surface area contributed by atoms with Crippen molar-refractivity contribution in [3.63, 3.8) is 0 Å². The second kappa shape index (κ2) is 10.2. The number of anilines is 1. The molecular weight excluding hydrogens is 467 g/mol. The predicted molar refractivity (Wildman–Crippen MR) is 143 cm³/mol. The number of benzene rings is 2. The second-order valence-electron chi connectivity index (χ2n) is 10.6. The Bertz CT molecular complexity index is 1280. The van der Waals surface area contributed by atoms with Crippen molar-refractivity contribution >= 4 is 11.7 Å². The van der Waals surface area contributed by atoms with E-state index >= 15 is 0 Å². The zero-order chi connectivity index (χ0) is 25.4. The van der Waals surface area contributed by atoms with Crippen molar-refractivity contribution in [2.45, 2.75) is 31.7 Å². The Morgan fingerprint density at radius 3 is 2.46 bits per heavy atom. The number of nitrogen functional groups attached to an aromatic ring is 1. The van der Waals surface area contributed by atoms with Crippen molar-refractivity contribution in [2.24, 2.45) is 11.8 Å². The van der Waals surface area contributed by atoms with Crippen LogP contribution in [0.25, 0.3) is 22.3 Å². The lowest BCUT2D eigenvalue weighted by Gasteiger charge is -2.31. The quantitative estimate of drug-likeness (QED) is 0.516. The van der Waals surface area contributed by atoms with E-state index < -0.39 is 5.95 Å². The highest BCUT2D eigenvalue weighted by atomic mass is 19.1. The molecule has 4 aliphatic rings. The van der Waals surface area contributed by atoms with Crippen LogP contribution < -0.4 is 11.1 Å². The molecule has 37 heavy (non-hydrogen) atoms. The van der Waals surface area contributed by atoms with E-state index in [0.29, 0.717) is 23.2 Å². The van der Waals surface area contributed by atoms with Crippen LogP contribution in [0.15, 0.2) is 54.6 Å². The molecule has 0 bridgehead atoms. The van der Waals surface area contributed by atoms with Gasteiger partial charge in [-0.25, -0.2) is 4.98 Å². The third kappa shape index (κ3) is 5.11. The summed E-state index contributed by atoms with van der Waals surface area (Å²) in [4.78, 5) is 18.5. The molecule has 6 nitrogen and oxygen atoms in total. The molecule has 0 spiro atoms. The van der Waals surface area contributed by atoms with Gasteiger partial charge < -0.3 is 15.8 Å². The SMILES string of the molecule is C1CC(N2CC3CC3C2)CCO1.Nc1nc(F)c(-c2ccccc2)cc1-c1ccc2c(c1)CCNC2=O. The van der Waals surface area contributed by atoms with E-state index in [1.165, 1.54) is 32.4 Å². The van der Waals surface area contributed by atoms with Crippen LogP contribution >= 0.6 is 0 Å². The topological polar surface area (TPSA) is 80.5 Å². The highest BCUT2D eigenvalue weighted by Gasteiger charge is 2.46. The monoisotopic (exact) mass is 500 g/mol. The van der Waals surface area contributed by atoms with Crippen LogP contribution in [-0.2, 0) is 11.2 Å². The number of nitrogens with one attached hydrogen (secondary N) is 1. The van der Waals surface area contributed by atoms with E-state index in [9.17, 15) is 9.18 Å². The Labute approximate surface area is 217 Å². The summed E-state index contributed by atoms with van der Waals surface area (Å²) in [7, 11) is 0. The van der Waals surface area contributed by atoms with Gasteiger partial charge in [-0.15, -0.1) is 0 Å². The highest BCUT2D eigenvalue weighted by molar-refractivity contribution is 5.97. The van der Waals surface area contributed by atoms with Crippen molar-refractivity contribution in [3.05, 3.63) is 71.7 Å². The van der Waals surface area contributed by atoms with Crippen LogP contribution in [0.2, 0.25) is 0 Å². The maximum atomic E-state index is 14.3. The largest absolute Gasteiger partial charge is 0.383 e. The van der Waals surface area contributed by atoms with Crippen molar-refractivity contribution in [2.75, 3.05) is 38.6 Å². The molecule has 1 saturated carbocycles. The molecule has 7 heteroatoms. The normalized spacial score (nSPS) is 22.9. The summed E-state index contributed by atoms with van der Waals surface area (Å²) in [5.41, 5.74) is 10.2. The lowest BCUT2D eigenvalue weighted by atomic mass is 9.94. The number of nitrogens with two attached hydrogens (primary N) is 1. The first-order valence-electron chi connectivity index (χ1n) is 13.3. The molecule has 3 aliphatic heterocycles. The van der Waals surface area contributed by atoms with Crippen LogP contribution in [0, 0.1) is 17.8 Å². The van der Waals surface area contributed by atoms with Gasteiger partial charge in [0.05, 0.1) is 0 Å². The summed E-state index contributed by atoms with van der Waals surface area (Å²) in [5, 5.41) is 2.82. The highest BCUT2D eigenvalue weighted by Crippen LogP contribution is 2.46. The average Bonchev–Trinajstić information content (AvgIpc) is 3.54. The first kappa shape index (κ1) is 24.1. The van der Waals surface area contributed by atoms with Gasteiger partial charge in [-0.1, -0.05) is 42.5 Å². The van der Waals surface area contributed by atoms with Crippen molar-refractivity contribution in [1.82, 2.24) is 15.2 Å². The van der Waals surface area contributed by atoms with E-state index in [-0.39, 0.29) is 11.7 Å². The third-order valence-corrected chi connectivity index (χ3v) is 8.15. The number of ether oxygens (including phenoxy) is 1. The van der Waals surface area contributed by atoms with Gasteiger partial charge in [0.15, 0.2) is 0 Å². The van der Waals surface area contributed by atoms with E-state index in [0.717, 1.165) is 54.2 Å². The Morgan fingerprint density at radius 2 is 1.70 bits per heavy atom. The number of carbonyl (C=O) groups is 1. The number of piperidine rings is 1. The fourth-order valence-corrected chi connectivity index (χ4v) is 5.93. The van der Waals surface area contributed by atoms with Crippen LogP contribution in [0.4, 0.5) is 10.2 Å². The van der Waals surface area contributed by atoms with E-state index in [1.807, 2.05) is 42.5 Å². The zero-order valence-electron chi connectivity index (χ0n) is 21.0. The first-order chi connectivity index (χ1) is 18.1. The Hall–Kier alpha value is -3.29. The molecule has 2 saturated heterocycles. The van der Waals surface area contributed by atoms with Gasteiger partial charge >= 0.3 is 0 Å². The molecule has 3 N–H and O–H groups in total. The van der Waals surface area contributed by atoms with Gasteiger partial charge in [0.2, 0.25) is 5.95 Å². The molecule has 1 aliphatic carbocycles. The number of halogens is 1. The molecule has 3 aromatic rings. The van der Waals surface area contributed by atoms with E-state index in [4.69, 9.17) is 10.5 Å². The maximum absolute atomic E-state index is 14.3. The summed E-state index contributed by atoms with van der Waals surface area (Å²) in [6, 6.07) is 17.4. The van der Waals surface area contributed by atoms with Crippen molar-refractivity contribution in [3.8, 4) is 22.3 Å². The molecule has 1 amide bonds. The van der Waals surface area contributed by atoms with Crippen molar-refractivity contribution < 1.29 is 13.9 Å². The summed E-state index contributed by atoms with van der Waals surface area (Å²) < 4.78 is 19.7. The van der Waals surface area contributed by atoms with E-state index in [1.54, 1.807) is 12.1 Å². The fraction of sp³-hybridized carbons (Fsp3) is 0.400. The van der Waals surface area contributed by atoms with Crippen LogP contribution in [0.3, 0.4) is 0 Å².